The van der Waals surface area contributed by atoms with E-state index in [0.717, 1.165) is 10.4 Å². The number of carbonyl (C=O) groups excluding carboxylic acids is 1. The van der Waals surface area contributed by atoms with E-state index in [1.165, 1.54) is 17.4 Å². The molecular formula is C23H25N5O6S. The van der Waals surface area contributed by atoms with Crippen LogP contribution in [0.3, 0.4) is 0 Å². The Bertz CT molecular complexity index is 1320. The van der Waals surface area contributed by atoms with Crippen LogP contribution in [0.5, 0.6) is 0 Å². The van der Waals surface area contributed by atoms with Crippen LogP contribution in [0.15, 0.2) is 40.5 Å². The number of rotatable bonds is 11. The smallest absolute Gasteiger partial charge is 0.320 e. The Morgan fingerprint density at radius 1 is 1.06 bits per heavy atom. The molecule has 0 saturated heterocycles. The zero-order valence-electron chi connectivity index (χ0n) is 18.6. The highest BCUT2D eigenvalue weighted by molar-refractivity contribution is 7.13. The molecule has 0 amide bonds. The summed E-state index contributed by atoms with van der Waals surface area (Å²) in [4.78, 5) is 55.3. The molecule has 35 heavy (non-hydrogen) atoms. The number of anilines is 2. The van der Waals surface area contributed by atoms with Gasteiger partial charge in [0.25, 0.3) is 5.56 Å². The molecular weight excluding hydrogens is 474 g/mol. The SMILES string of the molecule is Nc1nc(N)c(CCCc2ccsc2-c2ccccc2C(=O)C(C[C@H](N)C(=O)O)C(=O)O)c(=O)[nH]1. The molecule has 0 saturated carbocycles. The fourth-order valence-electron chi connectivity index (χ4n) is 3.76. The van der Waals surface area contributed by atoms with Gasteiger partial charge in [0.1, 0.15) is 17.8 Å². The van der Waals surface area contributed by atoms with E-state index >= 15 is 0 Å². The van der Waals surface area contributed by atoms with Gasteiger partial charge in [-0.1, -0.05) is 24.3 Å². The fraction of sp³-hybridized carbons (Fsp3) is 0.261. The van der Waals surface area contributed by atoms with Gasteiger partial charge in [-0.25, -0.2) is 0 Å². The number of carboxylic acids is 2. The van der Waals surface area contributed by atoms with E-state index in [2.05, 4.69) is 9.97 Å². The number of aromatic nitrogens is 2. The largest absolute Gasteiger partial charge is 0.481 e. The first-order valence-corrected chi connectivity index (χ1v) is 11.5. The quantitative estimate of drug-likeness (QED) is 0.165. The Labute approximate surface area is 203 Å². The second kappa shape index (κ2) is 10.9. The Balaban J connectivity index is 1.85. The second-order valence-electron chi connectivity index (χ2n) is 7.92. The van der Waals surface area contributed by atoms with Gasteiger partial charge in [0.15, 0.2) is 5.78 Å². The number of nitrogen functional groups attached to an aromatic ring is 2. The van der Waals surface area contributed by atoms with E-state index in [4.69, 9.17) is 22.3 Å². The normalized spacial score (nSPS) is 12.7. The summed E-state index contributed by atoms with van der Waals surface area (Å²) in [6, 6.07) is 6.99. The van der Waals surface area contributed by atoms with E-state index in [9.17, 15) is 24.3 Å². The van der Waals surface area contributed by atoms with Crippen molar-refractivity contribution in [1.82, 2.24) is 9.97 Å². The number of hydrogen-bond acceptors (Lipinski definition) is 9. The van der Waals surface area contributed by atoms with E-state index in [1.807, 2.05) is 11.4 Å². The fourth-order valence-corrected chi connectivity index (χ4v) is 4.75. The Kier molecular flexibility index (Phi) is 7.99. The first-order valence-electron chi connectivity index (χ1n) is 10.7. The molecule has 2 heterocycles. The number of Topliss-reactive ketones (excluding diaryl/α,β-unsaturated/α-hetero) is 1. The van der Waals surface area contributed by atoms with Crippen molar-refractivity contribution < 1.29 is 24.6 Å². The lowest BCUT2D eigenvalue weighted by atomic mass is 9.88. The molecule has 9 N–H and O–H groups in total. The first-order chi connectivity index (χ1) is 16.6. The molecule has 0 bridgehead atoms. The van der Waals surface area contributed by atoms with Crippen molar-refractivity contribution in [1.29, 1.82) is 0 Å². The average Bonchev–Trinajstić information content (AvgIpc) is 3.26. The van der Waals surface area contributed by atoms with Gasteiger partial charge in [0, 0.05) is 16.0 Å². The van der Waals surface area contributed by atoms with E-state index in [1.54, 1.807) is 18.2 Å². The second-order valence-corrected chi connectivity index (χ2v) is 8.84. The molecule has 0 aliphatic carbocycles. The van der Waals surface area contributed by atoms with Crippen molar-refractivity contribution in [3.05, 3.63) is 62.8 Å². The lowest BCUT2D eigenvalue weighted by Gasteiger charge is -2.16. The number of nitrogens with one attached hydrogen (secondary N) is 1. The number of aromatic amines is 1. The number of ketones is 1. The number of aryl methyl sites for hydroxylation is 1. The molecule has 0 fully saturated rings. The van der Waals surface area contributed by atoms with Gasteiger partial charge < -0.3 is 27.4 Å². The number of nitrogens with two attached hydrogens (primary N) is 3. The summed E-state index contributed by atoms with van der Waals surface area (Å²) < 4.78 is 0. The van der Waals surface area contributed by atoms with Crippen LogP contribution in [-0.4, -0.2) is 43.9 Å². The number of thiophene rings is 1. The minimum Gasteiger partial charge on any atom is -0.481 e. The minimum atomic E-state index is -1.60. The molecule has 0 radical (unpaired) electrons. The van der Waals surface area contributed by atoms with Crippen molar-refractivity contribution in [2.45, 2.75) is 31.7 Å². The maximum atomic E-state index is 13.2. The molecule has 1 aromatic carbocycles. The Hall–Kier alpha value is -4.03. The van der Waals surface area contributed by atoms with Gasteiger partial charge >= 0.3 is 11.9 Å². The molecule has 3 rings (SSSR count). The van der Waals surface area contributed by atoms with Gasteiger partial charge in [-0.05, 0) is 42.7 Å². The molecule has 0 spiro atoms. The highest BCUT2D eigenvalue weighted by Crippen LogP contribution is 2.34. The number of carbonyl (C=O) groups is 3. The number of hydrogen-bond donors (Lipinski definition) is 6. The monoisotopic (exact) mass is 499 g/mol. The predicted molar refractivity (Wildman–Crippen MR) is 131 cm³/mol. The van der Waals surface area contributed by atoms with Crippen LogP contribution in [0.2, 0.25) is 0 Å². The number of carboxylic acid groups (broad SMARTS) is 2. The number of H-pyrrole nitrogens is 1. The van der Waals surface area contributed by atoms with Crippen molar-refractivity contribution in [2.24, 2.45) is 11.7 Å². The van der Waals surface area contributed by atoms with Gasteiger partial charge in [-0.2, -0.15) is 4.98 Å². The van der Waals surface area contributed by atoms with Crippen molar-refractivity contribution in [2.75, 3.05) is 11.5 Å². The molecule has 184 valence electrons. The lowest BCUT2D eigenvalue weighted by molar-refractivity contribution is -0.142. The van der Waals surface area contributed by atoms with Crippen LogP contribution in [0.4, 0.5) is 11.8 Å². The summed E-state index contributed by atoms with van der Waals surface area (Å²) in [6.45, 7) is 0. The maximum Gasteiger partial charge on any atom is 0.320 e. The van der Waals surface area contributed by atoms with Crippen LogP contribution in [0, 0.1) is 5.92 Å². The lowest BCUT2D eigenvalue weighted by Crippen LogP contribution is -2.37. The molecule has 1 unspecified atom stereocenters. The summed E-state index contributed by atoms with van der Waals surface area (Å²) in [5, 5.41) is 20.5. The molecule has 2 atom stereocenters. The van der Waals surface area contributed by atoms with Gasteiger partial charge in [-0.3, -0.25) is 24.2 Å². The van der Waals surface area contributed by atoms with Crippen LogP contribution in [0.1, 0.15) is 34.3 Å². The van der Waals surface area contributed by atoms with Crippen LogP contribution in [0.25, 0.3) is 10.4 Å². The Morgan fingerprint density at radius 2 is 1.77 bits per heavy atom. The predicted octanol–water partition coefficient (Wildman–Crippen LogP) is 1.52. The van der Waals surface area contributed by atoms with Crippen LogP contribution < -0.4 is 22.8 Å². The third-order valence-electron chi connectivity index (χ3n) is 5.54. The summed E-state index contributed by atoms with van der Waals surface area (Å²) in [7, 11) is 0. The maximum absolute atomic E-state index is 13.2. The third-order valence-corrected chi connectivity index (χ3v) is 6.53. The summed E-state index contributed by atoms with van der Waals surface area (Å²) >= 11 is 1.39. The molecule has 0 aliphatic heterocycles. The van der Waals surface area contributed by atoms with Gasteiger partial charge in [0.05, 0.1) is 5.56 Å². The highest BCUT2D eigenvalue weighted by atomic mass is 32.1. The van der Waals surface area contributed by atoms with E-state index in [0.29, 0.717) is 30.4 Å². The summed E-state index contributed by atoms with van der Waals surface area (Å²) in [6.07, 6.45) is 0.944. The van der Waals surface area contributed by atoms with Gasteiger partial charge in [-0.15, -0.1) is 11.3 Å². The molecule has 12 heteroatoms. The van der Waals surface area contributed by atoms with Gasteiger partial charge in [0.2, 0.25) is 5.95 Å². The zero-order valence-corrected chi connectivity index (χ0v) is 19.4. The number of aliphatic carboxylic acids is 2. The average molecular weight is 500 g/mol. The van der Waals surface area contributed by atoms with E-state index < -0.39 is 41.7 Å². The standard InChI is InChI=1S/C23H25N5O6S/c24-16(22(33)34)10-15(21(31)32)17(29)12-5-1-2-6-13(12)18-11(8-9-35-18)4-3-7-14-19(25)27-23(26)28-20(14)30/h1-2,5-6,8-9,15-16H,3-4,7,10,24H2,(H,31,32)(H,33,34)(H5,25,26,27,28,30)/t15?,16-/m0/s1. The molecule has 11 nitrogen and oxygen atoms in total. The number of benzene rings is 1. The topological polar surface area (TPSA) is 215 Å². The zero-order chi connectivity index (χ0) is 25.7. The number of nitrogens with zero attached hydrogens (tertiary/aromatic N) is 1. The first kappa shape index (κ1) is 25.6. The van der Waals surface area contributed by atoms with E-state index in [-0.39, 0.29) is 17.3 Å². The summed E-state index contributed by atoms with van der Waals surface area (Å²) in [5.41, 5.74) is 18.4. The highest BCUT2D eigenvalue weighted by Gasteiger charge is 2.33. The van der Waals surface area contributed by atoms with Crippen LogP contribution in [-0.2, 0) is 22.4 Å². The third kappa shape index (κ3) is 5.91. The molecule has 3 aromatic rings. The van der Waals surface area contributed by atoms with Crippen molar-refractivity contribution >= 4 is 40.8 Å². The van der Waals surface area contributed by atoms with Crippen molar-refractivity contribution in [3.63, 3.8) is 0 Å². The van der Waals surface area contributed by atoms with Crippen molar-refractivity contribution in [3.8, 4) is 10.4 Å². The summed E-state index contributed by atoms with van der Waals surface area (Å²) in [5.74, 6) is -5.11. The molecule has 0 aliphatic rings. The molecule has 2 aromatic heterocycles. The Morgan fingerprint density at radius 3 is 2.43 bits per heavy atom. The minimum absolute atomic E-state index is 0.0541. The van der Waals surface area contributed by atoms with Crippen LogP contribution >= 0.6 is 11.3 Å².